The Morgan fingerprint density at radius 2 is 1.94 bits per heavy atom. The van der Waals surface area contributed by atoms with E-state index in [1.807, 2.05) is 0 Å². The Hall–Kier alpha value is -3.62. The number of halogens is 1. The van der Waals surface area contributed by atoms with Crippen molar-refractivity contribution in [1.29, 1.82) is 0 Å². The van der Waals surface area contributed by atoms with Gasteiger partial charge in [-0.1, -0.05) is 23.7 Å². The summed E-state index contributed by atoms with van der Waals surface area (Å²) in [5, 5.41) is 33.7. The van der Waals surface area contributed by atoms with Crippen molar-refractivity contribution in [3.8, 4) is 17.2 Å². The van der Waals surface area contributed by atoms with Crippen LogP contribution in [0.25, 0.3) is 0 Å². The van der Waals surface area contributed by atoms with Gasteiger partial charge >= 0.3 is 5.97 Å². The Labute approximate surface area is 206 Å². The molecular weight excluding hydrogens is 474 g/mol. The molecule has 35 heavy (non-hydrogen) atoms. The molecule has 0 saturated heterocycles. The molecule has 1 aliphatic rings. The molecular formula is C26H24ClNO7. The normalized spacial score (nSPS) is 15.5. The number of hydrogen-bond donors (Lipinski definition) is 3. The van der Waals surface area contributed by atoms with Gasteiger partial charge in [0.25, 0.3) is 0 Å². The number of phenolic OH excluding ortho intramolecular Hbond substituents is 2. The summed E-state index contributed by atoms with van der Waals surface area (Å²) < 4.78 is 10.7. The lowest BCUT2D eigenvalue weighted by atomic mass is 9.83. The summed E-state index contributed by atoms with van der Waals surface area (Å²) in [6.45, 7) is 3.05. The van der Waals surface area contributed by atoms with E-state index in [1.165, 1.54) is 20.1 Å². The molecule has 0 amide bonds. The molecule has 3 aromatic rings. The van der Waals surface area contributed by atoms with Crippen LogP contribution in [0.3, 0.4) is 0 Å². The zero-order valence-corrected chi connectivity index (χ0v) is 20.1. The van der Waals surface area contributed by atoms with Gasteiger partial charge in [-0.2, -0.15) is 0 Å². The zero-order valence-electron chi connectivity index (χ0n) is 19.3. The second-order valence-electron chi connectivity index (χ2n) is 8.39. The quantitative estimate of drug-likeness (QED) is 0.331. The zero-order chi connectivity index (χ0) is 25.4. The topological polar surface area (TPSA) is 126 Å². The maximum atomic E-state index is 12.5. The van der Waals surface area contributed by atoms with Crippen LogP contribution in [0.2, 0.25) is 5.02 Å². The number of pyridine rings is 1. The van der Waals surface area contributed by atoms with E-state index in [1.54, 1.807) is 37.4 Å². The molecule has 0 bridgehead atoms. The van der Waals surface area contributed by atoms with E-state index in [2.05, 4.69) is 4.98 Å². The van der Waals surface area contributed by atoms with Gasteiger partial charge in [0.15, 0.2) is 5.78 Å². The van der Waals surface area contributed by atoms with E-state index < -0.39 is 29.5 Å². The average molecular weight is 498 g/mol. The number of phenols is 2. The minimum Gasteiger partial charge on any atom is -0.507 e. The summed E-state index contributed by atoms with van der Waals surface area (Å²) in [7, 11) is 1.23. The van der Waals surface area contributed by atoms with Crippen LogP contribution < -0.4 is 0 Å². The monoisotopic (exact) mass is 497 g/mol. The standard InChI is InChI=1S/C26H24ClNO7/c1-12-23(31)21-15(10-28-12)11-35-26(21)19-8-17(13(2)29)24(32)22(25(19)33)18(9-20(30)34-3)14-5-4-6-16(27)7-14/h4-8,10,18,26,31-33H,9,11H2,1-3H3/t18-,26+/m0/s1. The van der Waals surface area contributed by atoms with Gasteiger partial charge in [0, 0.05) is 39.4 Å². The van der Waals surface area contributed by atoms with Gasteiger partial charge in [-0.15, -0.1) is 0 Å². The summed E-state index contributed by atoms with van der Waals surface area (Å²) in [6.07, 6.45) is 0.415. The molecule has 182 valence electrons. The van der Waals surface area contributed by atoms with E-state index in [0.717, 1.165) is 0 Å². The number of carbonyl (C=O) groups is 2. The first kappa shape index (κ1) is 24.5. The number of fused-ring (bicyclic) bond motifs is 1. The van der Waals surface area contributed by atoms with Crippen LogP contribution in [0.1, 0.15) is 69.2 Å². The number of carbonyl (C=O) groups excluding carboxylic acids is 2. The van der Waals surface area contributed by atoms with Crippen LogP contribution >= 0.6 is 11.6 Å². The molecule has 0 spiro atoms. The molecule has 9 heteroatoms. The number of benzene rings is 2. The maximum Gasteiger partial charge on any atom is 0.306 e. The van der Waals surface area contributed by atoms with Crippen LogP contribution in [-0.4, -0.2) is 39.2 Å². The van der Waals surface area contributed by atoms with E-state index in [4.69, 9.17) is 21.1 Å². The first-order valence-corrected chi connectivity index (χ1v) is 11.2. The molecule has 1 aromatic heterocycles. The van der Waals surface area contributed by atoms with Gasteiger partial charge in [0.1, 0.15) is 23.4 Å². The predicted octanol–water partition coefficient (Wildman–Crippen LogP) is 4.68. The van der Waals surface area contributed by atoms with Crippen molar-refractivity contribution in [2.24, 2.45) is 0 Å². The number of aromatic hydroxyl groups is 3. The summed E-state index contributed by atoms with van der Waals surface area (Å²) in [4.78, 5) is 29.0. The van der Waals surface area contributed by atoms with Crippen molar-refractivity contribution in [2.45, 2.75) is 38.9 Å². The number of hydrogen-bond acceptors (Lipinski definition) is 8. The minimum atomic E-state index is -0.928. The van der Waals surface area contributed by atoms with Gasteiger partial charge in [0.05, 0.1) is 31.4 Å². The molecule has 3 N–H and O–H groups in total. The number of esters is 1. The van der Waals surface area contributed by atoms with Crippen molar-refractivity contribution in [3.63, 3.8) is 0 Å². The number of aromatic nitrogens is 1. The number of rotatable bonds is 6. The van der Waals surface area contributed by atoms with Gasteiger partial charge in [-0.05, 0) is 37.6 Å². The third-order valence-electron chi connectivity index (χ3n) is 6.22. The Morgan fingerprint density at radius 3 is 2.60 bits per heavy atom. The highest BCUT2D eigenvalue weighted by molar-refractivity contribution is 6.30. The third-order valence-corrected chi connectivity index (χ3v) is 6.46. The summed E-state index contributed by atoms with van der Waals surface area (Å²) >= 11 is 6.18. The van der Waals surface area contributed by atoms with Crippen molar-refractivity contribution in [2.75, 3.05) is 7.11 Å². The smallest absolute Gasteiger partial charge is 0.306 e. The summed E-state index contributed by atoms with van der Waals surface area (Å²) in [5.74, 6) is -2.85. The summed E-state index contributed by atoms with van der Waals surface area (Å²) in [6, 6.07) is 7.98. The number of ether oxygens (including phenoxy) is 2. The lowest BCUT2D eigenvalue weighted by Gasteiger charge is -2.24. The molecule has 2 heterocycles. The summed E-state index contributed by atoms with van der Waals surface area (Å²) in [5.41, 5.74) is 2.03. The van der Waals surface area contributed by atoms with Gasteiger partial charge < -0.3 is 24.8 Å². The number of ketones is 1. The third kappa shape index (κ3) is 4.42. The second-order valence-corrected chi connectivity index (χ2v) is 8.83. The Kier molecular flexibility index (Phi) is 6.69. The molecule has 0 saturated carbocycles. The fraction of sp³-hybridized carbons (Fsp3) is 0.269. The minimum absolute atomic E-state index is 0.0392. The highest BCUT2D eigenvalue weighted by atomic mass is 35.5. The van der Waals surface area contributed by atoms with Gasteiger partial charge in [0.2, 0.25) is 0 Å². The predicted molar refractivity (Wildman–Crippen MR) is 127 cm³/mol. The van der Waals surface area contributed by atoms with E-state index in [9.17, 15) is 24.9 Å². The van der Waals surface area contributed by atoms with Crippen molar-refractivity contribution in [1.82, 2.24) is 4.98 Å². The number of Topliss-reactive ketones (excluding diaryl/α,β-unsaturated/α-hetero) is 1. The molecule has 2 aromatic carbocycles. The fourth-order valence-electron chi connectivity index (χ4n) is 4.42. The van der Waals surface area contributed by atoms with E-state index >= 15 is 0 Å². The van der Waals surface area contributed by atoms with Crippen molar-refractivity contribution >= 4 is 23.4 Å². The Bertz CT molecular complexity index is 1340. The molecule has 8 nitrogen and oxygen atoms in total. The molecule has 0 fully saturated rings. The van der Waals surface area contributed by atoms with Crippen LogP contribution in [0.4, 0.5) is 0 Å². The number of methoxy groups -OCH3 is 1. The second kappa shape index (κ2) is 9.56. The highest BCUT2D eigenvalue weighted by Gasteiger charge is 2.36. The van der Waals surface area contributed by atoms with Crippen LogP contribution in [0.15, 0.2) is 36.5 Å². The Morgan fingerprint density at radius 1 is 1.20 bits per heavy atom. The maximum absolute atomic E-state index is 12.5. The van der Waals surface area contributed by atoms with Crippen LogP contribution in [-0.2, 0) is 20.9 Å². The SMILES string of the molecule is COC(=O)C[C@@H](c1cccc(Cl)c1)c1c(O)c(C(C)=O)cc([C@H]2OCc3cnc(C)c(O)c32)c1O. The molecule has 4 rings (SSSR count). The van der Waals surface area contributed by atoms with Gasteiger partial charge in [-0.25, -0.2) is 0 Å². The van der Waals surface area contributed by atoms with E-state index in [-0.39, 0.29) is 41.2 Å². The van der Waals surface area contributed by atoms with Crippen LogP contribution in [0.5, 0.6) is 17.2 Å². The van der Waals surface area contributed by atoms with Gasteiger partial charge in [-0.3, -0.25) is 14.6 Å². The molecule has 0 unspecified atom stereocenters. The Balaban J connectivity index is 1.99. The largest absolute Gasteiger partial charge is 0.507 e. The molecule has 2 atom stereocenters. The first-order chi connectivity index (χ1) is 16.6. The van der Waals surface area contributed by atoms with Crippen molar-refractivity contribution < 1.29 is 34.4 Å². The lowest BCUT2D eigenvalue weighted by Crippen LogP contribution is -2.13. The average Bonchev–Trinajstić information content (AvgIpc) is 3.25. The lowest BCUT2D eigenvalue weighted by molar-refractivity contribution is -0.140. The van der Waals surface area contributed by atoms with Crippen molar-refractivity contribution in [3.05, 3.63) is 80.6 Å². The first-order valence-electron chi connectivity index (χ1n) is 10.8. The number of aryl methyl sites for hydroxylation is 1. The molecule has 1 aliphatic heterocycles. The number of nitrogens with zero attached hydrogens (tertiary/aromatic N) is 1. The fourth-order valence-corrected chi connectivity index (χ4v) is 4.62. The van der Waals surface area contributed by atoms with E-state index in [0.29, 0.717) is 27.4 Å². The highest BCUT2D eigenvalue weighted by Crippen LogP contribution is 2.50. The molecule has 0 aliphatic carbocycles. The van der Waals surface area contributed by atoms with Crippen LogP contribution in [0, 0.1) is 6.92 Å². The molecule has 0 radical (unpaired) electrons.